The molecule has 0 spiro atoms. The summed E-state index contributed by atoms with van der Waals surface area (Å²) in [5.41, 5.74) is 4.40. The lowest BCUT2D eigenvalue weighted by atomic mass is 10.2. The Labute approximate surface area is 190 Å². The largest absolute Gasteiger partial charge is 0.378 e. The summed E-state index contributed by atoms with van der Waals surface area (Å²) in [5.74, 6) is -0.468. The summed E-state index contributed by atoms with van der Waals surface area (Å²) in [6, 6.07) is 18.0. The van der Waals surface area contributed by atoms with Gasteiger partial charge in [0.05, 0.1) is 16.0 Å². The third kappa shape index (κ3) is 6.14. The van der Waals surface area contributed by atoms with Crippen LogP contribution in [0, 0.1) is 10.1 Å². The number of sulfonamides is 1. The zero-order chi connectivity index (χ0) is 24.0. The molecule has 0 saturated carbocycles. The molecule has 0 aliphatic heterocycles. The molecule has 0 unspecified atom stereocenters. The van der Waals surface area contributed by atoms with Crippen LogP contribution in [0.3, 0.4) is 0 Å². The number of carbonyl (C=O) groups is 1. The van der Waals surface area contributed by atoms with E-state index >= 15 is 0 Å². The van der Waals surface area contributed by atoms with Crippen LogP contribution in [0.25, 0.3) is 0 Å². The Hall–Kier alpha value is -4.25. The number of benzene rings is 3. The number of nitro groups is 1. The molecule has 0 atom stereocenters. The van der Waals surface area contributed by atoms with Crippen molar-refractivity contribution >= 4 is 39.2 Å². The lowest BCUT2D eigenvalue weighted by Crippen LogP contribution is -2.18. The number of amides is 1. The molecule has 0 fully saturated rings. The van der Waals surface area contributed by atoms with Crippen LogP contribution in [0.2, 0.25) is 0 Å². The Kier molecular flexibility index (Phi) is 7.04. The van der Waals surface area contributed by atoms with Gasteiger partial charge in [-0.1, -0.05) is 18.2 Å². The fraction of sp³-hybridized carbons (Fsp3) is 0.0909. The molecule has 3 rings (SSSR count). The second-order valence-electron chi connectivity index (χ2n) is 7.12. The second kappa shape index (κ2) is 9.92. The quantitative estimate of drug-likeness (QED) is 0.297. The van der Waals surface area contributed by atoms with E-state index < -0.39 is 20.9 Å². The van der Waals surface area contributed by atoms with Crippen LogP contribution in [-0.4, -0.2) is 39.6 Å². The van der Waals surface area contributed by atoms with Crippen molar-refractivity contribution in [2.45, 2.75) is 4.90 Å². The van der Waals surface area contributed by atoms with Gasteiger partial charge in [-0.25, -0.2) is 13.8 Å². The van der Waals surface area contributed by atoms with Crippen LogP contribution in [-0.2, 0) is 10.0 Å². The molecule has 0 aromatic heterocycles. The predicted molar refractivity (Wildman–Crippen MR) is 126 cm³/mol. The van der Waals surface area contributed by atoms with E-state index in [4.69, 9.17) is 0 Å². The molecule has 1 amide bonds. The topological polar surface area (TPSA) is 134 Å². The summed E-state index contributed by atoms with van der Waals surface area (Å²) < 4.78 is 27.3. The molecule has 0 radical (unpaired) electrons. The number of hydrogen-bond donors (Lipinski definition) is 2. The highest BCUT2D eigenvalue weighted by Crippen LogP contribution is 2.21. The van der Waals surface area contributed by atoms with Gasteiger partial charge >= 0.3 is 0 Å². The maximum Gasteiger partial charge on any atom is 0.271 e. The van der Waals surface area contributed by atoms with Crippen molar-refractivity contribution in [1.82, 2.24) is 5.43 Å². The molecular weight excluding hydrogens is 446 g/mol. The Balaban J connectivity index is 1.62. The summed E-state index contributed by atoms with van der Waals surface area (Å²) in [6.45, 7) is 0. The molecule has 3 aromatic rings. The van der Waals surface area contributed by atoms with E-state index in [1.807, 2.05) is 43.3 Å². The zero-order valence-corrected chi connectivity index (χ0v) is 18.6. The van der Waals surface area contributed by atoms with Crippen LogP contribution >= 0.6 is 0 Å². The third-order valence-corrected chi connectivity index (χ3v) is 5.91. The van der Waals surface area contributed by atoms with E-state index in [9.17, 15) is 23.3 Å². The molecule has 0 aliphatic carbocycles. The monoisotopic (exact) mass is 467 g/mol. The van der Waals surface area contributed by atoms with Crippen LogP contribution in [0.4, 0.5) is 17.1 Å². The number of anilines is 2. The Morgan fingerprint density at radius 2 is 1.70 bits per heavy atom. The molecule has 10 nitrogen and oxygen atoms in total. The van der Waals surface area contributed by atoms with E-state index in [0.717, 1.165) is 17.3 Å². The highest BCUT2D eigenvalue weighted by Gasteiger charge is 2.18. The average molecular weight is 468 g/mol. The van der Waals surface area contributed by atoms with Crippen LogP contribution < -0.4 is 15.0 Å². The van der Waals surface area contributed by atoms with Crippen molar-refractivity contribution in [3.63, 3.8) is 0 Å². The summed E-state index contributed by atoms with van der Waals surface area (Å²) in [7, 11) is -0.162. The van der Waals surface area contributed by atoms with Gasteiger partial charge in [0.2, 0.25) is 0 Å². The first-order chi connectivity index (χ1) is 15.7. The SMILES string of the molecule is CN(C)c1ccc(/C=N\NC(=O)c2ccc(NS(=O)(=O)c3cccc([N+](=O)[O-])c3)cc2)cc1. The van der Waals surface area contributed by atoms with Crippen molar-refractivity contribution in [2.75, 3.05) is 23.7 Å². The summed E-state index contributed by atoms with van der Waals surface area (Å²) >= 11 is 0. The van der Waals surface area contributed by atoms with Crippen molar-refractivity contribution in [3.8, 4) is 0 Å². The molecular formula is C22H21N5O5S. The average Bonchev–Trinajstić information content (AvgIpc) is 2.79. The number of hydrogen-bond acceptors (Lipinski definition) is 7. The fourth-order valence-electron chi connectivity index (χ4n) is 2.76. The lowest BCUT2D eigenvalue weighted by Gasteiger charge is -2.11. The van der Waals surface area contributed by atoms with Gasteiger partial charge in [-0.2, -0.15) is 5.10 Å². The summed E-state index contributed by atoms with van der Waals surface area (Å²) in [6.07, 6.45) is 1.51. The smallest absolute Gasteiger partial charge is 0.271 e. The Morgan fingerprint density at radius 3 is 2.30 bits per heavy atom. The number of non-ortho nitro benzene ring substituents is 1. The minimum atomic E-state index is -4.04. The molecule has 3 aromatic carbocycles. The van der Waals surface area contributed by atoms with Gasteiger partial charge in [0.15, 0.2) is 0 Å². The third-order valence-electron chi connectivity index (χ3n) is 4.53. The van der Waals surface area contributed by atoms with Crippen LogP contribution in [0.1, 0.15) is 15.9 Å². The fourth-order valence-corrected chi connectivity index (χ4v) is 3.85. The van der Waals surface area contributed by atoms with Gasteiger partial charge < -0.3 is 4.90 Å². The standard InChI is InChI=1S/C22H21N5O5S/c1-26(2)19-12-6-16(7-13-19)15-23-24-22(28)17-8-10-18(11-9-17)25-33(31,32)21-5-3-4-20(14-21)27(29)30/h3-15,25H,1-2H3,(H,24,28)/b23-15-. The Bertz CT molecular complexity index is 1290. The maximum absolute atomic E-state index is 12.5. The van der Waals surface area contributed by atoms with Gasteiger partial charge in [0, 0.05) is 43.2 Å². The zero-order valence-electron chi connectivity index (χ0n) is 17.8. The summed E-state index contributed by atoms with van der Waals surface area (Å²) in [5, 5.41) is 14.8. The number of carbonyl (C=O) groups excluding carboxylic acids is 1. The first-order valence-electron chi connectivity index (χ1n) is 9.64. The predicted octanol–water partition coefficient (Wildman–Crippen LogP) is 3.23. The van der Waals surface area contributed by atoms with E-state index in [0.29, 0.717) is 0 Å². The molecule has 0 aliphatic rings. The van der Waals surface area contributed by atoms with E-state index in [-0.39, 0.29) is 21.8 Å². The number of nitrogens with zero attached hydrogens (tertiary/aromatic N) is 3. The van der Waals surface area contributed by atoms with Gasteiger partial charge in [0.25, 0.3) is 21.6 Å². The molecule has 11 heteroatoms. The second-order valence-corrected chi connectivity index (χ2v) is 8.80. The summed E-state index contributed by atoms with van der Waals surface area (Å²) in [4.78, 5) is 24.2. The van der Waals surface area contributed by atoms with Gasteiger partial charge in [-0.15, -0.1) is 0 Å². The van der Waals surface area contributed by atoms with Crippen LogP contribution in [0.15, 0.2) is 82.8 Å². The first kappa shape index (κ1) is 23.4. The molecule has 0 bridgehead atoms. The van der Waals surface area contributed by atoms with Crippen molar-refractivity contribution in [2.24, 2.45) is 5.10 Å². The number of nitrogens with one attached hydrogen (secondary N) is 2. The molecule has 0 saturated heterocycles. The van der Waals surface area contributed by atoms with Gasteiger partial charge in [-0.05, 0) is 48.0 Å². The molecule has 0 heterocycles. The Morgan fingerprint density at radius 1 is 1.03 bits per heavy atom. The number of hydrazone groups is 1. The minimum Gasteiger partial charge on any atom is -0.378 e. The molecule has 170 valence electrons. The van der Waals surface area contributed by atoms with Crippen LogP contribution in [0.5, 0.6) is 0 Å². The highest BCUT2D eigenvalue weighted by molar-refractivity contribution is 7.92. The van der Waals surface area contributed by atoms with E-state index in [2.05, 4.69) is 15.2 Å². The number of nitro benzene ring substituents is 1. The molecule has 33 heavy (non-hydrogen) atoms. The molecule has 2 N–H and O–H groups in total. The van der Waals surface area contributed by atoms with Gasteiger partial charge in [0.1, 0.15) is 0 Å². The lowest BCUT2D eigenvalue weighted by molar-refractivity contribution is -0.385. The van der Waals surface area contributed by atoms with Crippen molar-refractivity contribution in [1.29, 1.82) is 0 Å². The van der Waals surface area contributed by atoms with E-state index in [1.165, 1.54) is 48.7 Å². The maximum atomic E-state index is 12.5. The minimum absolute atomic E-state index is 0.197. The number of rotatable bonds is 8. The van der Waals surface area contributed by atoms with Crippen molar-refractivity contribution in [3.05, 3.63) is 94.0 Å². The first-order valence-corrected chi connectivity index (χ1v) is 11.1. The van der Waals surface area contributed by atoms with Gasteiger partial charge in [-0.3, -0.25) is 19.6 Å². The van der Waals surface area contributed by atoms with Crippen molar-refractivity contribution < 1.29 is 18.1 Å². The normalized spacial score (nSPS) is 11.2. The van der Waals surface area contributed by atoms with E-state index in [1.54, 1.807) is 0 Å². The highest BCUT2D eigenvalue weighted by atomic mass is 32.2.